The number of amidine groups is 1. The lowest BCUT2D eigenvalue weighted by molar-refractivity contribution is -0.115. The van der Waals surface area contributed by atoms with Gasteiger partial charge in [-0.2, -0.15) is 0 Å². The third-order valence-electron chi connectivity index (χ3n) is 4.41. The SMILES string of the molecule is Cc1ccc(N=C2NC(=O)/C(=C/c3ccc(OCc4ccccc4)c(Br)c3)S2)cc1. The minimum atomic E-state index is -0.147. The Balaban J connectivity index is 1.45. The average molecular weight is 479 g/mol. The maximum absolute atomic E-state index is 12.3. The van der Waals surface area contributed by atoms with Crippen LogP contribution in [0.25, 0.3) is 6.08 Å². The van der Waals surface area contributed by atoms with Crippen LogP contribution in [0.1, 0.15) is 16.7 Å². The van der Waals surface area contributed by atoms with Gasteiger partial charge in [0.25, 0.3) is 5.91 Å². The summed E-state index contributed by atoms with van der Waals surface area (Å²) >= 11 is 4.90. The normalized spacial score (nSPS) is 16.1. The molecule has 1 fully saturated rings. The molecule has 1 N–H and O–H groups in total. The number of ether oxygens (including phenoxy) is 1. The van der Waals surface area contributed by atoms with Crippen molar-refractivity contribution in [1.29, 1.82) is 0 Å². The summed E-state index contributed by atoms with van der Waals surface area (Å²) < 4.78 is 6.73. The Morgan fingerprint density at radius 2 is 1.83 bits per heavy atom. The number of halogens is 1. The number of benzene rings is 3. The average Bonchev–Trinajstić information content (AvgIpc) is 3.08. The molecular formula is C24H19BrN2O2S. The second-order valence-corrected chi connectivity index (χ2v) is 8.67. The van der Waals surface area contributed by atoms with Crippen molar-refractivity contribution in [3.8, 4) is 5.75 Å². The van der Waals surface area contributed by atoms with Crippen LogP contribution in [-0.2, 0) is 11.4 Å². The highest BCUT2D eigenvalue weighted by Crippen LogP contribution is 2.31. The number of aliphatic imine (C=N–C) groups is 1. The molecule has 1 heterocycles. The molecule has 0 radical (unpaired) electrons. The summed E-state index contributed by atoms with van der Waals surface area (Å²) in [5, 5.41) is 3.40. The Morgan fingerprint density at radius 3 is 2.57 bits per heavy atom. The van der Waals surface area contributed by atoms with E-state index in [1.807, 2.05) is 85.8 Å². The molecule has 0 unspecified atom stereocenters. The largest absolute Gasteiger partial charge is 0.488 e. The standard InChI is InChI=1S/C24H19BrN2O2S/c1-16-7-10-19(11-8-16)26-24-27-23(28)22(30-24)14-18-9-12-21(20(25)13-18)29-15-17-5-3-2-4-6-17/h2-14H,15H2,1H3,(H,26,27,28)/b22-14-. The predicted octanol–water partition coefficient (Wildman–Crippen LogP) is 6.23. The fourth-order valence-corrected chi connectivity index (χ4v) is 4.18. The molecule has 0 aliphatic carbocycles. The summed E-state index contributed by atoms with van der Waals surface area (Å²) in [4.78, 5) is 17.4. The molecule has 150 valence electrons. The van der Waals surface area contributed by atoms with Gasteiger partial charge in [-0.1, -0.05) is 54.1 Å². The summed E-state index contributed by atoms with van der Waals surface area (Å²) in [5.74, 6) is 0.609. The Kier molecular flexibility index (Phi) is 6.35. The highest BCUT2D eigenvalue weighted by atomic mass is 79.9. The molecule has 3 aromatic rings. The molecule has 1 aliphatic rings. The third-order valence-corrected chi connectivity index (χ3v) is 5.94. The molecule has 4 rings (SSSR count). The van der Waals surface area contributed by atoms with Crippen LogP contribution >= 0.6 is 27.7 Å². The number of carbonyl (C=O) groups excluding carboxylic acids is 1. The van der Waals surface area contributed by atoms with Crippen LogP contribution in [0.15, 0.2) is 87.2 Å². The van der Waals surface area contributed by atoms with Crippen molar-refractivity contribution in [3.63, 3.8) is 0 Å². The highest BCUT2D eigenvalue weighted by molar-refractivity contribution is 9.10. The fourth-order valence-electron chi connectivity index (χ4n) is 2.83. The second-order valence-electron chi connectivity index (χ2n) is 6.78. The minimum Gasteiger partial charge on any atom is -0.488 e. The van der Waals surface area contributed by atoms with Gasteiger partial charge in [-0.3, -0.25) is 4.79 Å². The molecule has 4 nitrogen and oxygen atoms in total. The second kappa shape index (κ2) is 9.32. The highest BCUT2D eigenvalue weighted by Gasteiger charge is 2.23. The quantitative estimate of drug-likeness (QED) is 0.442. The molecule has 0 spiro atoms. The Labute approximate surface area is 188 Å². The number of amides is 1. The zero-order valence-corrected chi connectivity index (χ0v) is 18.7. The number of nitrogens with one attached hydrogen (secondary N) is 1. The lowest BCUT2D eigenvalue weighted by atomic mass is 10.2. The molecule has 1 saturated heterocycles. The van der Waals surface area contributed by atoms with Crippen molar-refractivity contribution in [3.05, 3.63) is 98.9 Å². The van der Waals surface area contributed by atoms with Crippen LogP contribution in [0.3, 0.4) is 0 Å². The summed E-state index contributed by atoms with van der Waals surface area (Å²) in [5.41, 5.74) is 4.00. The van der Waals surface area contributed by atoms with Gasteiger partial charge in [-0.15, -0.1) is 0 Å². The smallest absolute Gasteiger partial charge is 0.264 e. The number of thioether (sulfide) groups is 1. The lowest BCUT2D eigenvalue weighted by Gasteiger charge is -2.09. The van der Waals surface area contributed by atoms with Crippen LogP contribution in [0.2, 0.25) is 0 Å². The van der Waals surface area contributed by atoms with Gasteiger partial charge in [0, 0.05) is 0 Å². The first kappa shape index (κ1) is 20.4. The van der Waals surface area contributed by atoms with E-state index in [4.69, 9.17) is 4.74 Å². The van der Waals surface area contributed by atoms with Crippen LogP contribution in [0, 0.1) is 6.92 Å². The first-order chi connectivity index (χ1) is 14.6. The molecule has 30 heavy (non-hydrogen) atoms. The molecule has 3 aromatic carbocycles. The molecular weight excluding hydrogens is 460 g/mol. The first-order valence-corrected chi connectivity index (χ1v) is 11.0. The van der Waals surface area contributed by atoms with Gasteiger partial charge in [0.1, 0.15) is 12.4 Å². The van der Waals surface area contributed by atoms with Gasteiger partial charge in [-0.05, 0) is 76.1 Å². The maximum atomic E-state index is 12.3. The van der Waals surface area contributed by atoms with Gasteiger partial charge in [-0.25, -0.2) is 4.99 Å². The van der Waals surface area contributed by atoms with E-state index in [9.17, 15) is 4.79 Å². The van der Waals surface area contributed by atoms with E-state index in [0.29, 0.717) is 16.7 Å². The minimum absolute atomic E-state index is 0.147. The van der Waals surface area contributed by atoms with E-state index in [0.717, 1.165) is 27.0 Å². The van der Waals surface area contributed by atoms with E-state index in [1.165, 1.54) is 17.3 Å². The molecule has 6 heteroatoms. The summed E-state index contributed by atoms with van der Waals surface area (Å²) in [7, 11) is 0. The zero-order valence-electron chi connectivity index (χ0n) is 16.3. The molecule has 0 aromatic heterocycles. The van der Waals surface area contributed by atoms with Gasteiger partial charge < -0.3 is 10.1 Å². The van der Waals surface area contributed by atoms with Crippen molar-refractivity contribution < 1.29 is 9.53 Å². The van der Waals surface area contributed by atoms with E-state index in [-0.39, 0.29) is 5.91 Å². The lowest BCUT2D eigenvalue weighted by Crippen LogP contribution is -2.19. The van der Waals surface area contributed by atoms with Gasteiger partial charge in [0.2, 0.25) is 0 Å². The Bertz CT molecular complexity index is 1130. The molecule has 0 bridgehead atoms. The summed E-state index contributed by atoms with van der Waals surface area (Å²) in [6.45, 7) is 2.52. The topological polar surface area (TPSA) is 50.7 Å². The van der Waals surface area contributed by atoms with Crippen molar-refractivity contribution in [2.45, 2.75) is 13.5 Å². The van der Waals surface area contributed by atoms with Gasteiger partial charge >= 0.3 is 0 Å². The number of carbonyl (C=O) groups is 1. The Hall–Kier alpha value is -2.83. The van der Waals surface area contributed by atoms with E-state index in [1.54, 1.807) is 0 Å². The summed E-state index contributed by atoms with van der Waals surface area (Å²) in [6, 6.07) is 23.6. The van der Waals surface area contributed by atoms with Crippen molar-refractivity contribution in [1.82, 2.24) is 5.32 Å². The van der Waals surface area contributed by atoms with E-state index in [2.05, 4.69) is 26.2 Å². The van der Waals surface area contributed by atoms with Crippen LogP contribution in [-0.4, -0.2) is 11.1 Å². The monoisotopic (exact) mass is 478 g/mol. The number of hydrogen-bond acceptors (Lipinski definition) is 4. The van der Waals surface area contributed by atoms with Crippen molar-refractivity contribution in [2.75, 3.05) is 0 Å². The van der Waals surface area contributed by atoms with Gasteiger partial charge in [0.15, 0.2) is 5.17 Å². The van der Waals surface area contributed by atoms with Gasteiger partial charge in [0.05, 0.1) is 15.1 Å². The van der Waals surface area contributed by atoms with Crippen molar-refractivity contribution >= 4 is 50.5 Å². The fraction of sp³-hybridized carbons (Fsp3) is 0.0833. The van der Waals surface area contributed by atoms with E-state index >= 15 is 0 Å². The van der Waals surface area contributed by atoms with Crippen LogP contribution in [0.4, 0.5) is 5.69 Å². The number of nitrogens with zero attached hydrogens (tertiary/aromatic N) is 1. The predicted molar refractivity (Wildman–Crippen MR) is 127 cm³/mol. The molecule has 1 aliphatic heterocycles. The third kappa shape index (κ3) is 5.20. The Morgan fingerprint density at radius 1 is 1.07 bits per heavy atom. The number of hydrogen-bond donors (Lipinski definition) is 1. The number of rotatable bonds is 5. The zero-order chi connectivity index (χ0) is 20.9. The number of aryl methyl sites for hydroxylation is 1. The van der Waals surface area contributed by atoms with Crippen LogP contribution < -0.4 is 10.1 Å². The first-order valence-electron chi connectivity index (χ1n) is 9.39. The molecule has 0 saturated carbocycles. The molecule has 1 amide bonds. The summed E-state index contributed by atoms with van der Waals surface area (Å²) in [6.07, 6.45) is 1.85. The van der Waals surface area contributed by atoms with Crippen molar-refractivity contribution in [2.24, 2.45) is 4.99 Å². The van der Waals surface area contributed by atoms with E-state index < -0.39 is 0 Å². The molecule has 0 atom stereocenters. The van der Waals surface area contributed by atoms with Crippen LogP contribution in [0.5, 0.6) is 5.75 Å². The maximum Gasteiger partial charge on any atom is 0.264 e.